The average molecular weight is 289 g/mol. The molecule has 0 bridgehead atoms. The monoisotopic (exact) mass is 289 g/mol. The zero-order chi connectivity index (χ0) is 14.5. The molecule has 0 atom stereocenters. The maximum atomic E-state index is 11.8. The van der Waals surface area contributed by atoms with Crippen molar-refractivity contribution in [2.45, 2.75) is 20.3 Å². The molecular formula is C15H19N3OS. The molecule has 3 N–H and O–H groups in total. The van der Waals surface area contributed by atoms with Crippen LogP contribution in [-0.4, -0.2) is 17.4 Å². The molecule has 106 valence electrons. The highest BCUT2D eigenvalue weighted by Gasteiger charge is 2.10. The summed E-state index contributed by atoms with van der Waals surface area (Å²) in [6.07, 6.45) is 0.315. The first kappa shape index (κ1) is 14.5. The zero-order valence-electron chi connectivity index (χ0n) is 11.7. The van der Waals surface area contributed by atoms with Gasteiger partial charge in [-0.1, -0.05) is 26.0 Å². The van der Waals surface area contributed by atoms with E-state index in [4.69, 9.17) is 5.73 Å². The van der Waals surface area contributed by atoms with Gasteiger partial charge >= 0.3 is 0 Å². The predicted molar refractivity (Wildman–Crippen MR) is 83.5 cm³/mol. The van der Waals surface area contributed by atoms with Gasteiger partial charge in [-0.2, -0.15) is 0 Å². The van der Waals surface area contributed by atoms with Gasteiger partial charge in [0.2, 0.25) is 5.91 Å². The summed E-state index contributed by atoms with van der Waals surface area (Å²) in [5.74, 6) is 0.464. The lowest BCUT2D eigenvalue weighted by atomic mass is 10.2. The van der Waals surface area contributed by atoms with Crippen molar-refractivity contribution in [3.8, 4) is 10.6 Å². The lowest BCUT2D eigenvalue weighted by Gasteiger charge is -2.06. The van der Waals surface area contributed by atoms with Crippen LogP contribution in [0.2, 0.25) is 0 Å². The van der Waals surface area contributed by atoms with E-state index in [0.29, 0.717) is 24.6 Å². The van der Waals surface area contributed by atoms with Crippen LogP contribution in [0.5, 0.6) is 0 Å². The first-order valence-electron chi connectivity index (χ1n) is 6.62. The van der Waals surface area contributed by atoms with E-state index < -0.39 is 0 Å². The Morgan fingerprint density at radius 2 is 2.15 bits per heavy atom. The van der Waals surface area contributed by atoms with E-state index in [2.05, 4.69) is 24.1 Å². The van der Waals surface area contributed by atoms with Crippen molar-refractivity contribution in [2.75, 3.05) is 12.3 Å². The predicted octanol–water partition coefficient (Wildman–Crippen LogP) is 2.71. The van der Waals surface area contributed by atoms with E-state index in [9.17, 15) is 4.79 Å². The van der Waals surface area contributed by atoms with Gasteiger partial charge in [0.25, 0.3) is 0 Å². The number of hydrogen-bond donors (Lipinski definition) is 2. The molecule has 0 aliphatic heterocycles. The van der Waals surface area contributed by atoms with Crippen LogP contribution in [-0.2, 0) is 11.2 Å². The SMILES string of the molecule is CC(C)CNC(=O)Cc1csc(-c2ccccc2N)n1. The summed E-state index contributed by atoms with van der Waals surface area (Å²) in [7, 11) is 0. The molecule has 0 saturated carbocycles. The van der Waals surface area contributed by atoms with Crippen LogP contribution in [0.3, 0.4) is 0 Å². The number of amides is 1. The maximum absolute atomic E-state index is 11.8. The molecule has 0 saturated heterocycles. The number of nitrogens with zero attached hydrogens (tertiary/aromatic N) is 1. The lowest BCUT2D eigenvalue weighted by Crippen LogP contribution is -2.28. The molecule has 0 aliphatic carbocycles. The summed E-state index contributed by atoms with van der Waals surface area (Å²) in [6, 6.07) is 7.62. The molecule has 20 heavy (non-hydrogen) atoms. The zero-order valence-corrected chi connectivity index (χ0v) is 12.5. The van der Waals surface area contributed by atoms with Crippen LogP contribution in [0.25, 0.3) is 10.6 Å². The lowest BCUT2D eigenvalue weighted by molar-refractivity contribution is -0.120. The second-order valence-corrected chi connectivity index (χ2v) is 5.96. The summed E-state index contributed by atoms with van der Waals surface area (Å²) in [5, 5.41) is 5.66. The van der Waals surface area contributed by atoms with Crippen LogP contribution < -0.4 is 11.1 Å². The molecule has 5 heteroatoms. The number of nitrogen functional groups attached to an aromatic ring is 1. The van der Waals surface area contributed by atoms with Crippen molar-refractivity contribution in [2.24, 2.45) is 5.92 Å². The molecule has 2 aromatic rings. The van der Waals surface area contributed by atoms with E-state index in [0.717, 1.165) is 16.3 Å². The molecule has 0 spiro atoms. The van der Waals surface area contributed by atoms with Crippen LogP contribution in [0.1, 0.15) is 19.5 Å². The van der Waals surface area contributed by atoms with Crippen molar-refractivity contribution in [3.63, 3.8) is 0 Å². The normalized spacial score (nSPS) is 10.8. The van der Waals surface area contributed by atoms with Crippen molar-refractivity contribution < 1.29 is 4.79 Å². The Balaban J connectivity index is 2.03. The van der Waals surface area contributed by atoms with Crippen LogP contribution in [0, 0.1) is 5.92 Å². The summed E-state index contributed by atoms with van der Waals surface area (Å²) < 4.78 is 0. The number of anilines is 1. The number of rotatable bonds is 5. The number of carbonyl (C=O) groups is 1. The average Bonchev–Trinajstić information content (AvgIpc) is 2.85. The number of nitrogens with two attached hydrogens (primary N) is 1. The highest BCUT2D eigenvalue weighted by atomic mass is 32.1. The molecule has 0 aliphatic rings. The molecule has 0 radical (unpaired) electrons. The van der Waals surface area contributed by atoms with E-state index in [1.165, 1.54) is 11.3 Å². The van der Waals surface area contributed by atoms with Crippen molar-refractivity contribution in [1.82, 2.24) is 10.3 Å². The van der Waals surface area contributed by atoms with Crippen LogP contribution in [0.4, 0.5) is 5.69 Å². The van der Waals surface area contributed by atoms with Crippen molar-refractivity contribution >= 4 is 22.9 Å². The number of para-hydroxylation sites is 1. The van der Waals surface area contributed by atoms with E-state index >= 15 is 0 Å². The number of nitrogens with one attached hydrogen (secondary N) is 1. The van der Waals surface area contributed by atoms with Gasteiger partial charge in [-0.25, -0.2) is 4.98 Å². The molecule has 0 unspecified atom stereocenters. The van der Waals surface area contributed by atoms with Crippen LogP contribution in [0.15, 0.2) is 29.6 Å². The number of benzene rings is 1. The number of thiazole rings is 1. The Hall–Kier alpha value is -1.88. The minimum Gasteiger partial charge on any atom is -0.398 e. The van der Waals surface area contributed by atoms with Crippen LogP contribution >= 0.6 is 11.3 Å². The van der Waals surface area contributed by atoms with E-state index in [1.54, 1.807) is 0 Å². The fourth-order valence-corrected chi connectivity index (χ4v) is 2.62. The summed E-state index contributed by atoms with van der Waals surface area (Å²) in [6.45, 7) is 4.83. The van der Waals surface area contributed by atoms with Gasteiger partial charge in [-0.05, 0) is 18.1 Å². The number of aromatic nitrogens is 1. The third-order valence-electron chi connectivity index (χ3n) is 2.79. The molecule has 2 rings (SSSR count). The van der Waals surface area contributed by atoms with Crippen molar-refractivity contribution in [3.05, 3.63) is 35.3 Å². The standard InChI is InChI=1S/C15H19N3OS/c1-10(2)8-17-14(19)7-11-9-20-15(18-11)12-5-3-4-6-13(12)16/h3-6,9-10H,7-8,16H2,1-2H3,(H,17,19). The Labute approximate surface area is 123 Å². The Morgan fingerprint density at radius 3 is 2.85 bits per heavy atom. The topological polar surface area (TPSA) is 68.0 Å². The second-order valence-electron chi connectivity index (χ2n) is 5.11. The number of hydrogen-bond acceptors (Lipinski definition) is 4. The third kappa shape index (κ3) is 3.81. The molecule has 1 aromatic heterocycles. The van der Waals surface area contributed by atoms with Gasteiger partial charge in [-0.15, -0.1) is 11.3 Å². The van der Waals surface area contributed by atoms with Crippen molar-refractivity contribution in [1.29, 1.82) is 0 Å². The molecule has 4 nitrogen and oxygen atoms in total. The van der Waals surface area contributed by atoms with Gasteiger partial charge < -0.3 is 11.1 Å². The smallest absolute Gasteiger partial charge is 0.226 e. The van der Waals surface area contributed by atoms with Gasteiger partial charge in [-0.3, -0.25) is 4.79 Å². The highest BCUT2D eigenvalue weighted by molar-refractivity contribution is 7.13. The van der Waals surface area contributed by atoms with Gasteiger partial charge in [0, 0.05) is 23.2 Å². The third-order valence-corrected chi connectivity index (χ3v) is 3.72. The first-order chi connectivity index (χ1) is 9.56. The summed E-state index contributed by atoms with van der Waals surface area (Å²) in [5.41, 5.74) is 8.35. The Kier molecular flexibility index (Phi) is 4.74. The largest absolute Gasteiger partial charge is 0.398 e. The van der Waals surface area contributed by atoms with E-state index in [1.807, 2.05) is 29.6 Å². The quantitative estimate of drug-likeness (QED) is 0.832. The molecular weight excluding hydrogens is 270 g/mol. The van der Waals surface area contributed by atoms with Gasteiger partial charge in [0.1, 0.15) is 5.01 Å². The Bertz CT molecular complexity index is 592. The van der Waals surface area contributed by atoms with E-state index in [-0.39, 0.29) is 5.91 Å². The summed E-state index contributed by atoms with van der Waals surface area (Å²) >= 11 is 1.51. The van der Waals surface area contributed by atoms with Gasteiger partial charge in [0.15, 0.2) is 0 Å². The fourth-order valence-electron chi connectivity index (χ4n) is 1.75. The minimum atomic E-state index is 0.0107. The molecule has 0 fully saturated rings. The second kappa shape index (κ2) is 6.52. The maximum Gasteiger partial charge on any atom is 0.226 e. The molecule has 1 heterocycles. The Morgan fingerprint density at radius 1 is 1.40 bits per heavy atom. The highest BCUT2D eigenvalue weighted by Crippen LogP contribution is 2.28. The number of carbonyl (C=O) groups excluding carboxylic acids is 1. The van der Waals surface area contributed by atoms with Gasteiger partial charge in [0.05, 0.1) is 12.1 Å². The fraction of sp³-hybridized carbons (Fsp3) is 0.333. The minimum absolute atomic E-state index is 0.0107. The molecule has 1 amide bonds. The summed E-state index contributed by atoms with van der Waals surface area (Å²) in [4.78, 5) is 16.2. The molecule has 1 aromatic carbocycles. The first-order valence-corrected chi connectivity index (χ1v) is 7.50.